The molecule has 0 atom stereocenters. The van der Waals surface area contributed by atoms with E-state index in [1.165, 1.54) is 0 Å². The van der Waals surface area contributed by atoms with E-state index in [4.69, 9.17) is 0 Å². The summed E-state index contributed by atoms with van der Waals surface area (Å²) in [6.45, 7) is 12.2. The van der Waals surface area contributed by atoms with Crippen molar-refractivity contribution in [1.29, 1.82) is 0 Å². The summed E-state index contributed by atoms with van der Waals surface area (Å²) in [5.41, 5.74) is 0. The van der Waals surface area contributed by atoms with Crippen molar-refractivity contribution in [1.82, 2.24) is 9.80 Å². The van der Waals surface area contributed by atoms with Crippen molar-refractivity contribution >= 4 is 6.03 Å². The highest BCUT2D eigenvalue weighted by Gasteiger charge is 2.24. The number of carbonyl (C=O) groups excluding carboxylic acids is 1. The van der Waals surface area contributed by atoms with Crippen LogP contribution in [-0.2, 0) is 0 Å². The summed E-state index contributed by atoms with van der Waals surface area (Å²) in [7, 11) is 0. The van der Waals surface area contributed by atoms with Gasteiger partial charge in [-0.2, -0.15) is 0 Å². The zero-order valence-corrected chi connectivity index (χ0v) is 11.2. The number of hydrogen-bond acceptors (Lipinski definition) is 1. The fraction of sp³-hybridized carbons (Fsp3) is 0.923. The summed E-state index contributed by atoms with van der Waals surface area (Å²) in [4.78, 5) is 16.2. The van der Waals surface area contributed by atoms with Gasteiger partial charge < -0.3 is 9.80 Å². The quantitative estimate of drug-likeness (QED) is 0.726. The fourth-order valence-corrected chi connectivity index (χ4v) is 2.18. The summed E-state index contributed by atoms with van der Waals surface area (Å²) in [6.07, 6.45) is 2.32. The standard InChI is InChI=1S/C13H26N2O/c1-5-14(10-11(2)3)13(16)15-8-6-12(4)7-9-15/h11-12H,5-10H2,1-4H3. The van der Waals surface area contributed by atoms with Crippen LogP contribution in [0.5, 0.6) is 0 Å². The average molecular weight is 226 g/mol. The predicted octanol–water partition coefficient (Wildman–Crippen LogP) is 2.82. The molecule has 3 heteroatoms. The molecule has 0 N–H and O–H groups in total. The van der Waals surface area contributed by atoms with E-state index in [1.54, 1.807) is 0 Å². The van der Waals surface area contributed by atoms with E-state index >= 15 is 0 Å². The van der Waals surface area contributed by atoms with Crippen LogP contribution in [0.3, 0.4) is 0 Å². The number of urea groups is 1. The Morgan fingerprint density at radius 2 is 1.94 bits per heavy atom. The Kier molecular flexibility index (Phi) is 5.10. The highest BCUT2D eigenvalue weighted by atomic mass is 16.2. The van der Waals surface area contributed by atoms with Crippen molar-refractivity contribution in [3.63, 3.8) is 0 Å². The molecule has 1 aliphatic heterocycles. The number of piperidine rings is 1. The Morgan fingerprint density at radius 1 is 1.38 bits per heavy atom. The number of hydrogen-bond donors (Lipinski definition) is 0. The summed E-state index contributed by atoms with van der Waals surface area (Å²) in [6, 6.07) is 0.239. The lowest BCUT2D eigenvalue weighted by atomic mass is 9.99. The maximum Gasteiger partial charge on any atom is 0.319 e. The number of carbonyl (C=O) groups is 1. The molecular formula is C13H26N2O. The molecule has 1 rings (SSSR count). The third-order valence-corrected chi connectivity index (χ3v) is 3.29. The molecule has 0 aromatic carbocycles. The van der Waals surface area contributed by atoms with Crippen molar-refractivity contribution in [3.8, 4) is 0 Å². The van der Waals surface area contributed by atoms with E-state index in [0.717, 1.165) is 44.9 Å². The average Bonchev–Trinajstić information content (AvgIpc) is 2.25. The first-order chi connectivity index (χ1) is 7.54. The Bertz CT molecular complexity index is 220. The lowest BCUT2D eigenvalue weighted by Crippen LogP contribution is -2.47. The molecule has 0 bridgehead atoms. The van der Waals surface area contributed by atoms with Crippen LogP contribution in [0.4, 0.5) is 4.79 Å². The van der Waals surface area contributed by atoms with Crippen LogP contribution in [0.2, 0.25) is 0 Å². The number of amides is 2. The smallest absolute Gasteiger partial charge is 0.319 e. The number of rotatable bonds is 3. The first-order valence-electron chi connectivity index (χ1n) is 6.58. The van der Waals surface area contributed by atoms with Gasteiger partial charge in [-0.05, 0) is 31.6 Å². The first-order valence-corrected chi connectivity index (χ1v) is 6.58. The van der Waals surface area contributed by atoms with Gasteiger partial charge in [0.2, 0.25) is 0 Å². The molecule has 0 saturated carbocycles. The molecule has 0 aromatic rings. The number of nitrogens with zero attached hydrogens (tertiary/aromatic N) is 2. The van der Waals surface area contributed by atoms with Gasteiger partial charge in [-0.1, -0.05) is 20.8 Å². The molecule has 0 radical (unpaired) electrons. The van der Waals surface area contributed by atoms with Crippen molar-refractivity contribution in [2.24, 2.45) is 11.8 Å². The van der Waals surface area contributed by atoms with E-state index in [1.807, 2.05) is 9.80 Å². The Morgan fingerprint density at radius 3 is 2.38 bits per heavy atom. The SMILES string of the molecule is CCN(CC(C)C)C(=O)N1CCC(C)CC1. The monoisotopic (exact) mass is 226 g/mol. The van der Waals surface area contributed by atoms with Gasteiger partial charge in [0.05, 0.1) is 0 Å². The largest absolute Gasteiger partial charge is 0.325 e. The second-order valence-corrected chi connectivity index (χ2v) is 5.38. The Hall–Kier alpha value is -0.730. The van der Waals surface area contributed by atoms with E-state index in [2.05, 4.69) is 27.7 Å². The predicted molar refractivity (Wildman–Crippen MR) is 67.5 cm³/mol. The first kappa shape index (κ1) is 13.3. The second kappa shape index (κ2) is 6.12. The van der Waals surface area contributed by atoms with Crippen LogP contribution in [0.15, 0.2) is 0 Å². The Labute approximate surface area is 99.8 Å². The molecule has 0 aliphatic carbocycles. The molecule has 2 amide bonds. The van der Waals surface area contributed by atoms with Crippen LogP contribution < -0.4 is 0 Å². The van der Waals surface area contributed by atoms with Crippen LogP contribution >= 0.6 is 0 Å². The van der Waals surface area contributed by atoms with Crippen LogP contribution in [0, 0.1) is 11.8 Å². The van der Waals surface area contributed by atoms with E-state index in [-0.39, 0.29) is 6.03 Å². The topological polar surface area (TPSA) is 23.6 Å². The molecule has 0 spiro atoms. The van der Waals surface area contributed by atoms with Crippen molar-refractivity contribution in [2.75, 3.05) is 26.2 Å². The zero-order valence-electron chi connectivity index (χ0n) is 11.2. The van der Waals surface area contributed by atoms with Crippen molar-refractivity contribution in [2.45, 2.75) is 40.5 Å². The van der Waals surface area contributed by atoms with Gasteiger partial charge in [-0.3, -0.25) is 0 Å². The van der Waals surface area contributed by atoms with Gasteiger partial charge in [-0.15, -0.1) is 0 Å². The molecular weight excluding hydrogens is 200 g/mol. The third kappa shape index (κ3) is 3.69. The van der Waals surface area contributed by atoms with Crippen molar-refractivity contribution in [3.05, 3.63) is 0 Å². The van der Waals surface area contributed by atoms with Gasteiger partial charge in [0.25, 0.3) is 0 Å². The maximum atomic E-state index is 12.2. The van der Waals surface area contributed by atoms with E-state index < -0.39 is 0 Å². The minimum absolute atomic E-state index is 0.239. The van der Waals surface area contributed by atoms with Crippen LogP contribution in [0.25, 0.3) is 0 Å². The summed E-state index contributed by atoms with van der Waals surface area (Å²) >= 11 is 0. The lowest BCUT2D eigenvalue weighted by molar-refractivity contribution is 0.132. The molecule has 1 heterocycles. The van der Waals surface area contributed by atoms with Gasteiger partial charge >= 0.3 is 6.03 Å². The molecule has 1 fully saturated rings. The third-order valence-electron chi connectivity index (χ3n) is 3.29. The highest BCUT2D eigenvalue weighted by molar-refractivity contribution is 5.74. The second-order valence-electron chi connectivity index (χ2n) is 5.38. The molecule has 1 saturated heterocycles. The van der Waals surface area contributed by atoms with E-state index in [9.17, 15) is 4.79 Å². The minimum Gasteiger partial charge on any atom is -0.325 e. The number of likely N-dealkylation sites (tertiary alicyclic amines) is 1. The summed E-state index contributed by atoms with van der Waals surface area (Å²) in [5, 5.41) is 0. The molecule has 0 aromatic heterocycles. The Balaban J connectivity index is 2.48. The molecule has 3 nitrogen and oxygen atoms in total. The fourth-order valence-electron chi connectivity index (χ4n) is 2.18. The summed E-state index contributed by atoms with van der Waals surface area (Å²) in [5.74, 6) is 1.33. The van der Waals surface area contributed by atoms with Crippen LogP contribution in [0.1, 0.15) is 40.5 Å². The van der Waals surface area contributed by atoms with Gasteiger partial charge in [0, 0.05) is 26.2 Å². The molecule has 1 aliphatic rings. The van der Waals surface area contributed by atoms with Gasteiger partial charge in [0.15, 0.2) is 0 Å². The van der Waals surface area contributed by atoms with Gasteiger partial charge in [0.1, 0.15) is 0 Å². The van der Waals surface area contributed by atoms with E-state index in [0.29, 0.717) is 5.92 Å². The molecule has 0 unspecified atom stereocenters. The molecule has 94 valence electrons. The van der Waals surface area contributed by atoms with Crippen molar-refractivity contribution < 1.29 is 4.79 Å². The highest BCUT2D eigenvalue weighted by Crippen LogP contribution is 2.17. The summed E-state index contributed by atoms with van der Waals surface area (Å²) < 4.78 is 0. The maximum absolute atomic E-state index is 12.2. The van der Waals surface area contributed by atoms with Crippen LogP contribution in [-0.4, -0.2) is 42.0 Å². The molecule has 16 heavy (non-hydrogen) atoms. The lowest BCUT2D eigenvalue weighted by Gasteiger charge is -2.35. The zero-order chi connectivity index (χ0) is 12.1. The van der Waals surface area contributed by atoms with Gasteiger partial charge in [-0.25, -0.2) is 4.79 Å². The normalized spacial score (nSPS) is 17.9. The minimum atomic E-state index is 0.239.